The van der Waals surface area contributed by atoms with Gasteiger partial charge in [0.2, 0.25) is 0 Å². The van der Waals surface area contributed by atoms with Crippen LogP contribution in [-0.4, -0.2) is 23.4 Å². The molecule has 1 rings (SSSR count). The fourth-order valence-electron chi connectivity index (χ4n) is 1.50. The van der Waals surface area contributed by atoms with E-state index >= 15 is 0 Å². The molecule has 0 radical (unpaired) electrons. The first-order chi connectivity index (χ1) is 6.19. The second kappa shape index (κ2) is 4.58. The molecule has 0 aromatic carbocycles. The number of rotatable bonds is 4. The molecule has 0 fully saturated rings. The quantitative estimate of drug-likeness (QED) is 0.674. The van der Waals surface area contributed by atoms with Crippen LogP contribution in [0.25, 0.3) is 0 Å². The van der Waals surface area contributed by atoms with Crippen LogP contribution in [0.5, 0.6) is 0 Å². The highest BCUT2D eigenvalue weighted by Gasteiger charge is 2.33. The molecule has 1 N–H and O–H groups in total. The van der Waals surface area contributed by atoms with Gasteiger partial charge in [0.1, 0.15) is 0 Å². The van der Waals surface area contributed by atoms with Crippen molar-refractivity contribution in [3.8, 4) is 0 Å². The van der Waals surface area contributed by atoms with Crippen molar-refractivity contribution in [2.75, 3.05) is 6.61 Å². The molecule has 0 bridgehead atoms. The lowest BCUT2D eigenvalue weighted by Crippen LogP contribution is -2.43. The number of ether oxygens (including phenoxy) is 1. The van der Waals surface area contributed by atoms with Gasteiger partial charge in [-0.3, -0.25) is 0 Å². The Balaban J connectivity index is 2.47. The van der Waals surface area contributed by atoms with Gasteiger partial charge in [0, 0.05) is 0 Å². The lowest BCUT2D eigenvalue weighted by molar-refractivity contribution is -0.108. The van der Waals surface area contributed by atoms with Crippen LogP contribution in [0.4, 0.5) is 0 Å². The summed E-state index contributed by atoms with van der Waals surface area (Å²) >= 11 is 0. The van der Waals surface area contributed by atoms with Crippen molar-refractivity contribution in [2.45, 2.75) is 37.9 Å². The largest absolute Gasteiger partial charge is 0.390 e. The molecule has 0 spiro atoms. The maximum absolute atomic E-state index is 9.86. The average Bonchev–Trinajstić information content (AvgIpc) is 2.15. The molecule has 2 heteroatoms. The summed E-state index contributed by atoms with van der Waals surface area (Å²) in [4.78, 5) is 0. The zero-order valence-electron chi connectivity index (χ0n) is 8.20. The average molecular weight is 182 g/mol. The van der Waals surface area contributed by atoms with Crippen molar-refractivity contribution < 1.29 is 9.84 Å². The van der Waals surface area contributed by atoms with Crippen LogP contribution >= 0.6 is 0 Å². The van der Waals surface area contributed by atoms with E-state index in [1.165, 1.54) is 0 Å². The third-order valence-corrected chi connectivity index (χ3v) is 2.55. The first kappa shape index (κ1) is 10.5. The molecule has 1 aliphatic heterocycles. The zero-order valence-corrected chi connectivity index (χ0v) is 8.20. The molecule has 2 nitrogen and oxygen atoms in total. The van der Waals surface area contributed by atoms with Crippen molar-refractivity contribution in [2.24, 2.45) is 0 Å². The van der Waals surface area contributed by atoms with Crippen LogP contribution in [0.1, 0.15) is 26.2 Å². The summed E-state index contributed by atoms with van der Waals surface area (Å²) in [7, 11) is 0. The summed E-state index contributed by atoms with van der Waals surface area (Å²) < 4.78 is 5.55. The minimum Gasteiger partial charge on any atom is -0.390 e. The number of hydrogen-bond donors (Lipinski definition) is 1. The topological polar surface area (TPSA) is 29.5 Å². The Labute approximate surface area is 79.9 Å². The third kappa shape index (κ3) is 2.68. The van der Waals surface area contributed by atoms with Gasteiger partial charge in [-0.1, -0.05) is 18.2 Å². The van der Waals surface area contributed by atoms with Gasteiger partial charge in [0.05, 0.1) is 18.3 Å². The monoisotopic (exact) mass is 182 g/mol. The van der Waals surface area contributed by atoms with Gasteiger partial charge in [0.15, 0.2) is 0 Å². The lowest BCUT2D eigenvalue weighted by Gasteiger charge is -2.35. The van der Waals surface area contributed by atoms with Gasteiger partial charge >= 0.3 is 0 Å². The van der Waals surface area contributed by atoms with Crippen LogP contribution in [0.15, 0.2) is 24.8 Å². The minimum atomic E-state index is -0.393. The maximum Gasteiger partial charge on any atom is 0.0950 e. The Morgan fingerprint density at radius 1 is 1.69 bits per heavy atom. The van der Waals surface area contributed by atoms with Crippen molar-refractivity contribution in [3.05, 3.63) is 24.8 Å². The summed E-state index contributed by atoms with van der Waals surface area (Å²) in [5.74, 6) is 0. The van der Waals surface area contributed by atoms with Crippen LogP contribution in [-0.2, 0) is 4.74 Å². The Hall–Kier alpha value is -0.600. The number of allylic oxidation sites excluding steroid dienone is 1. The molecule has 1 heterocycles. The van der Waals surface area contributed by atoms with Crippen LogP contribution in [0, 0.1) is 0 Å². The van der Waals surface area contributed by atoms with Gasteiger partial charge in [-0.05, 0) is 26.2 Å². The highest BCUT2D eigenvalue weighted by molar-refractivity contribution is 4.99. The zero-order chi connectivity index (χ0) is 9.73. The molecule has 0 aromatic rings. The standard InChI is InChI=1S/C11H18O2/c1-3-4-7-10(12)11(2)8-5-6-9-13-11/h3,5-6,10,12H,1,4,7-9H2,2H3/t10-,11-/m1/s1. The SMILES string of the molecule is C=CCC[C@@H](O)[C@@]1(C)CC=CCO1. The van der Waals surface area contributed by atoms with Gasteiger partial charge in [-0.25, -0.2) is 0 Å². The molecule has 13 heavy (non-hydrogen) atoms. The number of aliphatic hydroxyl groups excluding tert-OH is 1. The van der Waals surface area contributed by atoms with Crippen molar-refractivity contribution in [3.63, 3.8) is 0 Å². The van der Waals surface area contributed by atoms with E-state index in [0.29, 0.717) is 6.61 Å². The Bertz CT molecular complexity index is 198. The van der Waals surface area contributed by atoms with Crippen molar-refractivity contribution in [1.29, 1.82) is 0 Å². The summed E-state index contributed by atoms with van der Waals surface area (Å²) in [6, 6.07) is 0. The van der Waals surface area contributed by atoms with E-state index in [-0.39, 0.29) is 0 Å². The van der Waals surface area contributed by atoms with E-state index in [1.54, 1.807) is 0 Å². The van der Waals surface area contributed by atoms with Crippen molar-refractivity contribution in [1.82, 2.24) is 0 Å². The molecular formula is C11H18O2. The summed E-state index contributed by atoms with van der Waals surface area (Å²) in [6.45, 7) is 6.21. The molecule has 0 aromatic heterocycles. The molecule has 0 aliphatic carbocycles. The van der Waals surface area contributed by atoms with Crippen LogP contribution in [0.2, 0.25) is 0 Å². The highest BCUT2D eigenvalue weighted by Crippen LogP contribution is 2.26. The number of hydrogen-bond acceptors (Lipinski definition) is 2. The summed E-state index contributed by atoms with van der Waals surface area (Å²) in [5.41, 5.74) is -0.391. The maximum atomic E-state index is 9.86. The predicted molar refractivity (Wildman–Crippen MR) is 53.6 cm³/mol. The van der Waals surface area contributed by atoms with Gasteiger partial charge < -0.3 is 9.84 Å². The van der Waals surface area contributed by atoms with E-state index in [0.717, 1.165) is 19.3 Å². The molecular weight excluding hydrogens is 164 g/mol. The third-order valence-electron chi connectivity index (χ3n) is 2.55. The smallest absolute Gasteiger partial charge is 0.0950 e. The number of aliphatic hydroxyl groups is 1. The highest BCUT2D eigenvalue weighted by atomic mass is 16.5. The van der Waals surface area contributed by atoms with E-state index in [4.69, 9.17) is 4.74 Å². The molecule has 0 saturated heterocycles. The van der Waals surface area contributed by atoms with Gasteiger partial charge in [0.25, 0.3) is 0 Å². The minimum absolute atomic E-state index is 0.391. The van der Waals surface area contributed by atoms with E-state index in [1.807, 2.05) is 19.1 Å². The molecule has 0 saturated carbocycles. The molecule has 0 unspecified atom stereocenters. The fourth-order valence-corrected chi connectivity index (χ4v) is 1.50. The summed E-state index contributed by atoms with van der Waals surface area (Å²) in [5, 5.41) is 9.86. The first-order valence-electron chi connectivity index (χ1n) is 4.77. The predicted octanol–water partition coefficient (Wildman–Crippen LogP) is 2.05. The summed E-state index contributed by atoms with van der Waals surface area (Å²) in [6.07, 6.45) is 7.85. The Morgan fingerprint density at radius 3 is 3.00 bits per heavy atom. The Morgan fingerprint density at radius 2 is 2.46 bits per heavy atom. The molecule has 74 valence electrons. The van der Waals surface area contributed by atoms with Crippen LogP contribution < -0.4 is 0 Å². The van der Waals surface area contributed by atoms with E-state index in [2.05, 4.69) is 12.7 Å². The van der Waals surface area contributed by atoms with Crippen molar-refractivity contribution >= 4 is 0 Å². The Kier molecular flexibility index (Phi) is 3.70. The fraction of sp³-hybridized carbons (Fsp3) is 0.636. The van der Waals surface area contributed by atoms with Gasteiger partial charge in [-0.15, -0.1) is 6.58 Å². The molecule has 0 amide bonds. The molecule has 2 atom stereocenters. The normalized spacial score (nSPS) is 30.0. The second-order valence-corrected chi connectivity index (χ2v) is 3.68. The van der Waals surface area contributed by atoms with Crippen LogP contribution in [0.3, 0.4) is 0 Å². The van der Waals surface area contributed by atoms with E-state index in [9.17, 15) is 5.11 Å². The lowest BCUT2D eigenvalue weighted by atomic mass is 9.90. The van der Waals surface area contributed by atoms with Gasteiger partial charge in [-0.2, -0.15) is 0 Å². The first-order valence-corrected chi connectivity index (χ1v) is 4.77. The van der Waals surface area contributed by atoms with E-state index < -0.39 is 11.7 Å². The molecule has 1 aliphatic rings. The second-order valence-electron chi connectivity index (χ2n) is 3.68.